The van der Waals surface area contributed by atoms with Gasteiger partial charge in [0.05, 0.1) is 13.7 Å². The number of nitrogens with zero attached hydrogens (tertiary/aromatic N) is 1. The van der Waals surface area contributed by atoms with Crippen molar-refractivity contribution in [2.24, 2.45) is 0 Å². The molecule has 33 heavy (non-hydrogen) atoms. The summed E-state index contributed by atoms with van der Waals surface area (Å²) >= 11 is 6.01. The van der Waals surface area contributed by atoms with E-state index in [1.54, 1.807) is 24.1 Å². The largest absolute Gasteiger partial charge is 0.497 e. The summed E-state index contributed by atoms with van der Waals surface area (Å²) in [6.45, 7) is 6.66. The zero-order valence-corrected chi connectivity index (χ0v) is 20.7. The Morgan fingerprint density at radius 2 is 1.64 bits per heavy atom. The summed E-state index contributed by atoms with van der Waals surface area (Å²) in [7, 11) is 1.62. The van der Waals surface area contributed by atoms with Gasteiger partial charge in [-0.05, 0) is 68.1 Å². The summed E-state index contributed by atoms with van der Waals surface area (Å²) in [6, 6.07) is 14.2. The van der Waals surface area contributed by atoms with Gasteiger partial charge in [-0.1, -0.05) is 37.6 Å². The van der Waals surface area contributed by atoms with Crippen LogP contribution in [-0.2, 0) is 16.1 Å². The Balaban J connectivity index is 2.04. The minimum atomic E-state index is -0.537. The number of halogens is 1. The first-order valence-corrected chi connectivity index (χ1v) is 11.9. The molecule has 2 atom stereocenters. The van der Waals surface area contributed by atoms with Gasteiger partial charge >= 0.3 is 0 Å². The maximum atomic E-state index is 13.2. The van der Waals surface area contributed by atoms with E-state index in [0.29, 0.717) is 31.0 Å². The number of amides is 2. The zero-order valence-electron chi connectivity index (χ0n) is 20.0. The molecule has 2 rings (SSSR count). The Morgan fingerprint density at radius 3 is 2.21 bits per heavy atom. The van der Waals surface area contributed by atoms with Gasteiger partial charge in [0.25, 0.3) is 0 Å². The quantitative estimate of drug-likeness (QED) is 0.403. The molecule has 0 unspecified atom stereocenters. The van der Waals surface area contributed by atoms with Crippen LogP contribution in [0.1, 0.15) is 52.0 Å². The fourth-order valence-electron chi connectivity index (χ4n) is 3.38. The zero-order chi connectivity index (χ0) is 24.2. The lowest BCUT2D eigenvalue weighted by molar-refractivity contribution is -0.141. The Morgan fingerprint density at radius 1 is 1.00 bits per heavy atom. The normalized spacial score (nSPS) is 12.5. The van der Waals surface area contributed by atoms with E-state index in [2.05, 4.69) is 5.32 Å². The molecule has 0 bridgehead atoms. The second-order valence-electron chi connectivity index (χ2n) is 8.02. The Bertz CT molecular complexity index is 871. The summed E-state index contributed by atoms with van der Waals surface area (Å²) in [5, 5.41) is 3.65. The lowest BCUT2D eigenvalue weighted by Gasteiger charge is -2.31. The maximum Gasteiger partial charge on any atom is 0.243 e. The molecule has 2 amide bonds. The predicted molar refractivity (Wildman–Crippen MR) is 132 cm³/mol. The van der Waals surface area contributed by atoms with Crippen LogP contribution in [0.25, 0.3) is 0 Å². The average Bonchev–Trinajstić information content (AvgIpc) is 2.83. The summed E-state index contributed by atoms with van der Waals surface area (Å²) in [4.78, 5) is 27.8. The predicted octanol–water partition coefficient (Wildman–Crippen LogP) is 5.23. The van der Waals surface area contributed by atoms with Crippen molar-refractivity contribution in [2.75, 3.05) is 13.7 Å². The SMILES string of the molecule is CC[C@@H](C)NC(=O)[C@H](CC)N(Cc1ccc(Cl)cc1)C(=O)CCCOc1ccc(OC)cc1. The van der Waals surface area contributed by atoms with Gasteiger partial charge in [-0.2, -0.15) is 0 Å². The summed E-state index contributed by atoms with van der Waals surface area (Å²) in [5.74, 6) is 1.29. The van der Waals surface area contributed by atoms with Crippen LogP contribution < -0.4 is 14.8 Å². The molecule has 2 aromatic rings. The van der Waals surface area contributed by atoms with Gasteiger partial charge in [0, 0.05) is 24.0 Å². The fourth-order valence-corrected chi connectivity index (χ4v) is 3.50. The molecule has 0 heterocycles. The van der Waals surface area contributed by atoms with E-state index in [9.17, 15) is 9.59 Å². The number of carbonyl (C=O) groups is 2. The highest BCUT2D eigenvalue weighted by Crippen LogP contribution is 2.19. The van der Waals surface area contributed by atoms with Crippen molar-refractivity contribution in [1.29, 1.82) is 0 Å². The fraction of sp³-hybridized carbons (Fsp3) is 0.462. The lowest BCUT2D eigenvalue weighted by atomic mass is 10.1. The topological polar surface area (TPSA) is 67.9 Å². The molecule has 0 aliphatic heterocycles. The first kappa shape index (κ1) is 26.5. The molecular weight excluding hydrogens is 440 g/mol. The Hall–Kier alpha value is -2.73. The van der Waals surface area contributed by atoms with Crippen LogP contribution in [0.2, 0.25) is 5.02 Å². The number of carbonyl (C=O) groups excluding carboxylic acids is 2. The van der Waals surface area contributed by atoms with Gasteiger partial charge in [0.15, 0.2) is 0 Å². The highest BCUT2D eigenvalue weighted by Gasteiger charge is 2.28. The smallest absolute Gasteiger partial charge is 0.243 e. The van der Waals surface area contributed by atoms with Crippen LogP contribution in [0.15, 0.2) is 48.5 Å². The van der Waals surface area contributed by atoms with Crippen molar-refractivity contribution in [1.82, 2.24) is 10.2 Å². The average molecular weight is 475 g/mol. The molecular formula is C26H35ClN2O4. The van der Waals surface area contributed by atoms with Gasteiger partial charge < -0.3 is 19.7 Å². The van der Waals surface area contributed by atoms with Crippen molar-refractivity contribution in [3.05, 3.63) is 59.1 Å². The van der Waals surface area contributed by atoms with Crippen molar-refractivity contribution < 1.29 is 19.1 Å². The third-order valence-electron chi connectivity index (χ3n) is 5.52. The number of hydrogen-bond donors (Lipinski definition) is 1. The minimum absolute atomic E-state index is 0.0527. The molecule has 0 aliphatic carbocycles. The van der Waals surface area contributed by atoms with Crippen LogP contribution >= 0.6 is 11.6 Å². The standard InChI is InChI=1S/C26H35ClN2O4/c1-5-19(3)28-26(31)24(6-2)29(18-20-9-11-21(27)12-10-20)25(30)8-7-17-33-23-15-13-22(32-4)14-16-23/h9-16,19,24H,5-8,17-18H2,1-4H3,(H,28,31)/t19-,24+/m1/s1. The van der Waals surface area contributed by atoms with E-state index in [0.717, 1.165) is 23.5 Å². The molecule has 0 aliphatic rings. The molecule has 0 saturated heterocycles. The summed E-state index contributed by atoms with van der Waals surface area (Å²) in [6.07, 6.45) is 2.20. The monoisotopic (exact) mass is 474 g/mol. The first-order chi connectivity index (χ1) is 15.9. The van der Waals surface area contributed by atoms with E-state index < -0.39 is 6.04 Å². The third-order valence-corrected chi connectivity index (χ3v) is 5.77. The van der Waals surface area contributed by atoms with Crippen LogP contribution in [0.3, 0.4) is 0 Å². The van der Waals surface area contributed by atoms with Crippen molar-refractivity contribution >= 4 is 23.4 Å². The van der Waals surface area contributed by atoms with E-state index in [-0.39, 0.29) is 24.3 Å². The van der Waals surface area contributed by atoms with Gasteiger partial charge in [-0.15, -0.1) is 0 Å². The minimum Gasteiger partial charge on any atom is -0.497 e. The number of rotatable bonds is 13. The van der Waals surface area contributed by atoms with Crippen LogP contribution in [0.4, 0.5) is 0 Å². The molecule has 6 nitrogen and oxygen atoms in total. The van der Waals surface area contributed by atoms with Crippen LogP contribution in [0, 0.1) is 0 Å². The Labute approximate surface area is 202 Å². The number of ether oxygens (including phenoxy) is 2. The summed E-state index contributed by atoms with van der Waals surface area (Å²) in [5.41, 5.74) is 0.928. The van der Waals surface area contributed by atoms with Gasteiger partial charge in [-0.25, -0.2) is 0 Å². The molecule has 0 radical (unpaired) electrons. The van der Waals surface area contributed by atoms with E-state index in [4.69, 9.17) is 21.1 Å². The summed E-state index contributed by atoms with van der Waals surface area (Å²) < 4.78 is 10.9. The maximum absolute atomic E-state index is 13.2. The highest BCUT2D eigenvalue weighted by atomic mass is 35.5. The van der Waals surface area contributed by atoms with E-state index >= 15 is 0 Å². The van der Waals surface area contributed by atoms with Crippen LogP contribution in [0.5, 0.6) is 11.5 Å². The Kier molecular flexibility index (Phi) is 11.0. The van der Waals surface area contributed by atoms with Crippen molar-refractivity contribution in [3.63, 3.8) is 0 Å². The van der Waals surface area contributed by atoms with Crippen molar-refractivity contribution in [2.45, 2.75) is 65.1 Å². The lowest BCUT2D eigenvalue weighted by Crippen LogP contribution is -2.50. The molecule has 0 fully saturated rings. The second-order valence-corrected chi connectivity index (χ2v) is 8.45. The van der Waals surface area contributed by atoms with E-state index in [1.165, 1.54) is 0 Å². The highest BCUT2D eigenvalue weighted by molar-refractivity contribution is 6.30. The molecule has 0 saturated carbocycles. The number of benzene rings is 2. The van der Waals surface area contributed by atoms with E-state index in [1.807, 2.05) is 57.2 Å². The molecule has 7 heteroatoms. The number of hydrogen-bond acceptors (Lipinski definition) is 4. The van der Waals surface area contributed by atoms with Gasteiger partial charge in [0.2, 0.25) is 11.8 Å². The molecule has 1 N–H and O–H groups in total. The second kappa shape index (κ2) is 13.7. The molecule has 0 aromatic heterocycles. The first-order valence-electron chi connectivity index (χ1n) is 11.5. The van der Waals surface area contributed by atoms with Crippen LogP contribution in [-0.4, -0.2) is 42.5 Å². The molecule has 2 aromatic carbocycles. The number of methoxy groups -OCH3 is 1. The molecule has 180 valence electrons. The number of nitrogens with one attached hydrogen (secondary N) is 1. The van der Waals surface area contributed by atoms with Gasteiger partial charge in [-0.3, -0.25) is 9.59 Å². The molecule has 0 spiro atoms. The third kappa shape index (κ3) is 8.61. The van der Waals surface area contributed by atoms with Crippen molar-refractivity contribution in [3.8, 4) is 11.5 Å². The van der Waals surface area contributed by atoms with Gasteiger partial charge in [0.1, 0.15) is 17.5 Å².